The van der Waals surface area contributed by atoms with Crippen LogP contribution in [0.5, 0.6) is 0 Å². The van der Waals surface area contributed by atoms with Gasteiger partial charge < -0.3 is 15.2 Å². The second-order valence-corrected chi connectivity index (χ2v) is 5.58. The third kappa shape index (κ3) is 3.27. The first-order chi connectivity index (χ1) is 11.5. The van der Waals surface area contributed by atoms with Crippen LogP contribution >= 0.6 is 0 Å². The lowest BCUT2D eigenvalue weighted by Gasteiger charge is -2.09. The Morgan fingerprint density at radius 1 is 1.12 bits per heavy atom. The van der Waals surface area contributed by atoms with Gasteiger partial charge in [0.15, 0.2) is 0 Å². The maximum absolute atomic E-state index is 12.3. The van der Waals surface area contributed by atoms with E-state index in [1.807, 2.05) is 54.1 Å². The summed E-state index contributed by atoms with van der Waals surface area (Å²) in [4.78, 5) is 27.8. The maximum atomic E-state index is 12.3. The van der Waals surface area contributed by atoms with E-state index in [1.54, 1.807) is 6.20 Å². The third-order valence-electron chi connectivity index (χ3n) is 3.71. The lowest BCUT2D eigenvalue weighted by molar-refractivity contribution is -0.117. The van der Waals surface area contributed by atoms with E-state index >= 15 is 0 Å². The Bertz CT molecular complexity index is 914. The number of aryl methyl sites for hydroxylation is 1. The minimum absolute atomic E-state index is 0.126. The van der Waals surface area contributed by atoms with Crippen molar-refractivity contribution in [1.82, 2.24) is 9.55 Å². The highest BCUT2D eigenvalue weighted by Crippen LogP contribution is 2.24. The van der Waals surface area contributed by atoms with Gasteiger partial charge in [0.1, 0.15) is 12.4 Å². The summed E-state index contributed by atoms with van der Waals surface area (Å²) >= 11 is 0. The van der Waals surface area contributed by atoms with E-state index in [0.29, 0.717) is 5.82 Å². The molecule has 2 heterocycles. The van der Waals surface area contributed by atoms with E-state index in [9.17, 15) is 9.59 Å². The molecule has 0 spiro atoms. The second-order valence-electron chi connectivity index (χ2n) is 5.58. The van der Waals surface area contributed by atoms with Gasteiger partial charge in [0, 0.05) is 24.7 Å². The molecule has 0 unspecified atom stereocenters. The normalized spacial score (nSPS) is 10.6. The van der Waals surface area contributed by atoms with Gasteiger partial charge in [0.2, 0.25) is 11.8 Å². The molecule has 0 saturated carbocycles. The van der Waals surface area contributed by atoms with Crippen molar-refractivity contribution >= 4 is 34.2 Å². The van der Waals surface area contributed by atoms with E-state index in [-0.39, 0.29) is 18.4 Å². The van der Waals surface area contributed by atoms with Crippen molar-refractivity contribution in [1.29, 1.82) is 0 Å². The average Bonchev–Trinajstić information content (AvgIpc) is 2.93. The van der Waals surface area contributed by atoms with Crippen molar-refractivity contribution in [3.8, 4) is 0 Å². The van der Waals surface area contributed by atoms with Gasteiger partial charge in [-0.05, 0) is 36.8 Å². The van der Waals surface area contributed by atoms with Crippen LogP contribution in [0.2, 0.25) is 0 Å². The zero-order chi connectivity index (χ0) is 17.1. The molecule has 6 heteroatoms. The van der Waals surface area contributed by atoms with Crippen molar-refractivity contribution in [2.24, 2.45) is 0 Å². The molecular formula is C18H18N4O2. The minimum Gasteiger partial charge on any atom is -0.338 e. The van der Waals surface area contributed by atoms with Gasteiger partial charge in [-0.1, -0.05) is 12.1 Å². The summed E-state index contributed by atoms with van der Waals surface area (Å²) in [5.74, 6) is 0.288. The third-order valence-corrected chi connectivity index (χ3v) is 3.71. The number of fused-ring (bicyclic) bond motifs is 1. The van der Waals surface area contributed by atoms with Crippen molar-refractivity contribution in [2.75, 3.05) is 10.6 Å². The number of pyridine rings is 1. The van der Waals surface area contributed by atoms with Crippen LogP contribution in [0.25, 0.3) is 10.9 Å². The Kier molecular flexibility index (Phi) is 4.29. The molecule has 0 fully saturated rings. The summed E-state index contributed by atoms with van der Waals surface area (Å²) in [5.41, 5.74) is 2.53. The SMILES string of the molecule is CC(=O)Nc1cccc2c1ccn2CC(=O)Nc1ncccc1C. The Morgan fingerprint density at radius 2 is 1.96 bits per heavy atom. The number of benzene rings is 1. The number of hydrogen-bond donors (Lipinski definition) is 2. The topological polar surface area (TPSA) is 76.0 Å². The molecule has 0 radical (unpaired) electrons. The molecule has 0 atom stereocenters. The smallest absolute Gasteiger partial charge is 0.245 e. The summed E-state index contributed by atoms with van der Waals surface area (Å²) in [6, 6.07) is 11.2. The number of carbonyl (C=O) groups excluding carboxylic acids is 2. The summed E-state index contributed by atoms with van der Waals surface area (Å²) in [5, 5.41) is 6.52. The van der Waals surface area contributed by atoms with E-state index in [4.69, 9.17) is 0 Å². The van der Waals surface area contributed by atoms with Crippen LogP contribution < -0.4 is 10.6 Å². The van der Waals surface area contributed by atoms with Crippen LogP contribution in [0.4, 0.5) is 11.5 Å². The van der Waals surface area contributed by atoms with Crippen molar-refractivity contribution < 1.29 is 9.59 Å². The van der Waals surface area contributed by atoms with Crippen LogP contribution in [-0.2, 0) is 16.1 Å². The Labute approximate surface area is 139 Å². The largest absolute Gasteiger partial charge is 0.338 e. The number of nitrogens with one attached hydrogen (secondary N) is 2. The minimum atomic E-state index is -0.153. The number of carbonyl (C=O) groups is 2. The Balaban J connectivity index is 1.82. The summed E-state index contributed by atoms with van der Waals surface area (Å²) in [7, 11) is 0. The molecule has 2 aromatic heterocycles. The first-order valence-corrected chi connectivity index (χ1v) is 7.61. The molecule has 2 amide bonds. The average molecular weight is 322 g/mol. The fourth-order valence-electron chi connectivity index (χ4n) is 2.60. The van der Waals surface area contributed by atoms with Crippen LogP contribution in [0, 0.1) is 6.92 Å². The zero-order valence-electron chi connectivity index (χ0n) is 13.5. The number of anilines is 2. The molecule has 0 aliphatic rings. The quantitative estimate of drug-likeness (QED) is 0.775. The number of aromatic nitrogens is 2. The van der Waals surface area contributed by atoms with Crippen LogP contribution in [0.15, 0.2) is 48.8 Å². The first kappa shape index (κ1) is 15.7. The highest BCUT2D eigenvalue weighted by molar-refractivity contribution is 6.01. The molecule has 1 aromatic carbocycles. The molecule has 122 valence electrons. The van der Waals surface area contributed by atoms with Gasteiger partial charge in [-0.15, -0.1) is 0 Å². The molecular weight excluding hydrogens is 304 g/mol. The van der Waals surface area contributed by atoms with Gasteiger partial charge in [0.25, 0.3) is 0 Å². The molecule has 0 aliphatic heterocycles. The van der Waals surface area contributed by atoms with E-state index in [1.165, 1.54) is 6.92 Å². The highest BCUT2D eigenvalue weighted by atomic mass is 16.2. The Morgan fingerprint density at radius 3 is 2.71 bits per heavy atom. The lowest BCUT2D eigenvalue weighted by Crippen LogP contribution is -2.19. The van der Waals surface area contributed by atoms with Gasteiger partial charge in [-0.3, -0.25) is 9.59 Å². The maximum Gasteiger partial charge on any atom is 0.245 e. The number of rotatable bonds is 4. The molecule has 3 aromatic rings. The summed E-state index contributed by atoms with van der Waals surface area (Å²) in [6.07, 6.45) is 3.48. The second kappa shape index (κ2) is 6.54. The number of nitrogens with zero attached hydrogens (tertiary/aromatic N) is 2. The zero-order valence-corrected chi connectivity index (χ0v) is 13.5. The van der Waals surface area contributed by atoms with Gasteiger partial charge in [-0.25, -0.2) is 4.98 Å². The standard InChI is InChI=1S/C18H18N4O2/c1-12-5-4-9-19-18(12)21-17(24)11-22-10-8-14-15(20-13(2)23)6-3-7-16(14)22/h3-10H,11H2,1-2H3,(H,20,23)(H,19,21,24). The Hall–Kier alpha value is -3.15. The van der Waals surface area contributed by atoms with Gasteiger partial charge >= 0.3 is 0 Å². The first-order valence-electron chi connectivity index (χ1n) is 7.61. The van der Waals surface area contributed by atoms with Crippen LogP contribution in [0.3, 0.4) is 0 Å². The molecule has 0 bridgehead atoms. The molecule has 3 rings (SSSR count). The summed E-state index contributed by atoms with van der Waals surface area (Å²) in [6.45, 7) is 3.54. The van der Waals surface area contributed by atoms with Crippen LogP contribution in [0.1, 0.15) is 12.5 Å². The fourth-order valence-corrected chi connectivity index (χ4v) is 2.60. The predicted molar refractivity (Wildman–Crippen MR) is 93.8 cm³/mol. The van der Waals surface area contributed by atoms with E-state index in [0.717, 1.165) is 22.2 Å². The number of hydrogen-bond acceptors (Lipinski definition) is 3. The molecule has 6 nitrogen and oxygen atoms in total. The van der Waals surface area contributed by atoms with Crippen molar-refractivity contribution in [3.63, 3.8) is 0 Å². The lowest BCUT2D eigenvalue weighted by atomic mass is 10.2. The fraction of sp³-hybridized carbons (Fsp3) is 0.167. The molecule has 0 aliphatic carbocycles. The number of amides is 2. The van der Waals surface area contributed by atoms with Gasteiger partial charge in [0.05, 0.1) is 11.2 Å². The van der Waals surface area contributed by atoms with E-state index < -0.39 is 0 Å². The monoisotopic (exact) mass is 322 g/mol. The van der Waals surface area contributed by atoms with Crippen molar-refractivity contribution in [2.45, 2.75) is 20.4 Å². The summed E-state index contributed by atoms with van der Waals surface area (Å²) < 4.78 is 1.84. The molecule has 24 heavy (non-hydrogen) atoms. The molecule has 2 N–H and O–H groups in total. The van der Waals surface area contributed by atoms with E-state index in [2.05, 4.69) is 15.6 Å². The van der Waals surface area contributed by atoms with Crippen molar-refractivity contribution in [3.05, 3.63) is 54.4 Å². The van der Waals surface area contributed by atoms with Gasteiger partial charge in [-0.2, -0.15) is 0 Å². The van der Waals surface area contributed by atoms with Crippen LogP contribution in [-0.4, -0.2) is 21.4 Å². The molecule has 0 saturated heterocycles. The predicted octanol–water partition coefficient (Wildman–Crippen LogP) is 2.94. The highest BCUT2D eigenvalue weighted by Gasteiger charge is 2.10.